The van der Waals surface area contributed by atoms with E-state index in [1.807, 2.05) is 13.8 Å². The van der Waals surface area contributed by atoms with Crippen LogP contribution in [0.3, 0.4) is 0 Å². The predicted molar refractivity (Wildman–Crippen MR) is 112 cm³/mol. The SMILES string of the molecule is CCC(C)Oc1c(OC)cc(C=Nn2c(=O)[nH]c3ccccc3c2=O)cc1OC. The molecule has 0 spiro atoms. The number of nitrogens with one attached hydrogen (secondary N) is 1. The zero-order valence-electron chi connectivity index (χ0n) is 16.8. The van der Waals surface area contributed by atoms with E-state index in [-0.39, 0.29) is 6.10 Å². The van der Waals surface area contributed by atoms with Crippen LogP contribution >= 0.6 is 0 Å². The van der Waals surface area contributed by atoms with Gasteiger partial charge in [0.2, 0.25) is 5.75 Å². The Morgan fingerprint density at radius 1 is 1.14 bits per heavy atom. The number of nitrogens with zero attached hydrogens (tertiary/aromatic N) is 2. The monoisotopic (exact) mass is 397 g/mol. The van der Waals surface area contributed by atoms with E-state index in [0.29, 0.717) is 33.7 Å². The molecule has 0 radical (unpaired) electrons. The maximum absolute atomic E-state index is 12.6. The highest BCUT2D eigenvalue weighted by Crippen LogP contribution is 2.39. The third-order valence-electron chi connectivity index (χ3n) is 4.48. The number of methoxy groups -OCH3 is 2. The highest BCUT2D eigenvalue weighted by atomic mass is 16.5. The van der Waals surface area contributed by atoms with Crippen LogP contribution in [0, 0.1) is 0 Å². The molecule has 0 aliphatic carbocycles. The molecule has 0 saturated carbocycles. The molecule has 3 rings (SSSR count). The summed E-state index contributed by atoms with van der Waals surface area (Å²) in [6.45, 7) is 3.97. The van der Waals surface area contributed by atoms with E-state index >= 15 is 0 Å². The average molecular weight is 397 g/mol. The summed E-state index contributed by atoms with van der Waals surface area (Å²) in [5.74, 6) is 1.42. The maximum atomic E-state index is 12.6. The van der Waals surface area contributed by atoms with Crippen molar-refractivity contribution in [1.82, 2.24) is 9.66 Å². The highest BCUT2D eigenvalue weighted by molar-refractivity contribution is 5.82. The molecule has 0 bridgehead atoms. The Balaban J connectivity index is 2.04. The van der Waals surface area contributed by atoms with Crippen molar-refractivity contribution in [3.8, 4) is 17.2 Å². The van der Waals surface area contributed by atoms with E-state index < -0.39 is 11.2 Å². The van der Waals surface area contributed by atoms with Crippen molar-refractivity contribution in [2.24, 2.45) is 5.10 Å². The Kier molecular flexibility index (Phi) is 6.01. The fourth-order valence-electron chi connectivity index (χ4n) is 2.76. The standard InChI is InChI=1S/C21H23N3O5/c1-5-13(2)29-19-17(27-3)10-14(11-18(19)28-4)12-22-24-20(25)15-8-6-7-9-16(15)23-21(24)26/h6-13H,5H2,1-4H3,(H,23,26). The number of aromatic nitrogens is 2. The second-order valence-corrected chi connectivity index (χ2v) is 6.43. The zero-order chi connectivity index (χ0) is 21.0. The number of para-hydroxylation sites is 1. The Bertz CT molecular complexity index is 1140. The zero-order valence-corrected chi connectivity index (χ0v) is 16.8. The molecule has 152 valence electrons. The summed E-state index contributed by atoms with van der Waals surface area (Å²) in [6, 6.07) is 10.2. The van der Waals surface area contributed by atoms with Gasteiger partial charge in [-0.05, 0) is 37.6 Å². The van der Waals surface area contributed by atoms with Crippen LogP contribution in [0.25, 0.3) is 10.9 Å². The van der Waals surface area contributed by atoms with Gasteiger partial charge in [0.1, 0.15) is 0 Å². The van der Waals surface area contributed by atoms with Gasteiger partial charge in [0, 0.05) is 5.56 Å². The first kappa shape index (κ1) is 20.2. The van der Waals surface area contributed by atoms with Crippen molar-refractivity contribution in [2.75, 3.05) is 14.2 Å². The first-order valence-corrected chi connectivity index (χ1v) is 9.19. The molecule has 2 aromatic carbocycles. The second kappa shape index (κ2) is 8.64. The van der Waals surface area contributed by atoms with Crippen LogP contribution in [0.5, 0.6) is 17.2 Å². The lowest BCUT2D eigenvalue weighted by molar-refractivity contribution is 0.198. The first-order chi connectivity index (χ1) is 14.0. The lowest BCUT2D eigenvalue weighted by Crippen LogP contribution is -2.32. The van der Waals surface area contributed by atoms with Gasteiger partial charge in [-0.3, -0.25) is 4.79 Å². The molecular formula is C21H23N3O5. The van der Waals surface area contributed by atoms with Gasteiger partial charge in [0.05, 0.1) is 37.4 Å². The van der Waals surface area contributed by atoms with Crippen LogP contribution in [0.1, 0.15) is 25.8 Å². The number of rotatable bonds is 7. The lowest BCUT2D eigenvalue weighted by atomic mass is 10.2. The molecule has 1 unspecified atom stereocenters. The lowest BCUT2D eigenvalue weighted by Gasteiger charge is -2.18. The predicted octanol–water partition coefficient (Wildman–Crippen LogP) is 2.77. The van der Waals surface area contributed by atoms with E-state index in [4.69, 9.17) is 14.2 Å². The van der Waals surface area contributed by atoms with Gasteiger partial charge in [-0.25, -0.2) is 4.79 Å². The minimum atomic E-state index is -0.624. The molecule has 1 N–H and O–H groups in total. The average Bonchev–Trinajstić information content (AvgIpc) is 2.73. The number of hydrogen-bond acceptors (Lipinski definition) is 6. The van der Waals surface area contributed by atoms with E-state index in [0.717, 1.165) is 11.1 Å². The summed E-state index contributed by atoms with van der Waals surface area (Å²) in [7, 11) is 3.05. The molecule has 0 fully saturated rings. The van der Waals surface area contributed by atoms with E-state index in [1.54, 1.807) is 36.4 Å². The Hall–Kier alpha value is -3.55. The first-order valence-electron chi connectivity index (χ1n) is 9.19. The fourth-order valence-corrected chi connectivity index (χ4v) is 2.76. The van der Waals surface area contributed by atoms with Gasteiger partial charge >= 0.3 is 5.69 Å². The van der Waals surface area contributed by atoms with Gasteiger partial charge < -0.3 is 19.2 Å². The van der Waals surface area contributed by atoms with E-state index in [1.165, 1.54) is 20.4 Å². The topological polar surface area (TPSA) is 94.9 Å². The van der Waals surface area contributed by atoms with Crippen LogP contribution in [0.4, 0.5) is 0 Å². The summed E-state index contributed by atoms with van der Waals surface area (Å²) in [5.41, 5.74) is -0.0876. The number of H-pyrrole nitrogens is 1. The van der Waals surface area contributed by atoms with Gasteiger partial charge in [0.25, 0.3) is 5.56 Å². The molecule has 8 nitrogen and oxygen atoms in total. The summed E-state index contributed by atoms with van der Waals surface area (Å²) in [5, 5.41) is 4.44. The number of ether oxygens (including phenoxy) is 3. The van der Waals surface area contributed by atoms with Crippen molar-refractivity contribution < 1.29 is 14.2 Å². The van der Waals surface area contributed by atoms with Crippen LogP contribution < -0.4 is 25.5 Å². The van der Waals surface area contributed by atoms with Gasteiger partial charge in [-0.1, -0.05) is 19.1 Å². The third-order valence-corrected chi connectivity index (χ3v) is 4.48. The minimum Gasteiger partial charge on any atom is -0.493 e. The molecular weight excluding hydrogens is 374 g/mol. The summed E-state index contributed by atoms with van der Waals surface area (Å²) >= 11 is 0. The Morgan fingerprint density at radius 3 is 2.41 bits per heavy atom. The Morgan fingerprint density at radius 2 is 1.79 bits per heavy atom. The van der Waals surface area contributed by atoms with E-state index in [9.17, 15) is 9.59 Å². The fraction of sp³-hybridized carbons (Fsp3) is 0.286. The second-order valence-electron chi connectivity index (χ2n) is 6.43. The quantitative estimate of drug-likeness (QED) is 0.619. The molecule has 1 heterocycles. The van der Waals surface area contributed by atoms with Crippen LogP contribution in [-0.2, 0) is 0 Å². The smallest absolute Gasteiger partial charge is 0.349 e. The summed E-state index contributed by atoms with van der Waals surface area (Å²) in [4.78, 5) is 27.5. The van der Waals surface area contributed by atoms with E-state index in [2.05, 4.69) is 10.1 Å². The largest absolute Gasteiger partial charge is 0.493 e. The van der Waals surface area contributed by atoms with Gasteiger partial charge in [0.15, 0.2) is 11.5 Å². The van der Waals surface area contributed by atoms with Crippen molar-refractivity contribution in [3.63, 3.8) is 0 Å². The van der Waals surface area contributed by atoms with Crippen LogP contribution in [-0.4, -0.2) is 36.2 Å². The van der Waals surface area contributed by atoms with Crippen molar-refractivity contribution in [2.45, 2.75) is 26.4 Å². The number of aromatic amines is 1. The molecule has 0 aliphatic heterocycles. The molecule has 3 aromatic rings. The number of benzene rings is 2. The number of hydrogen-bond donors (Lipinski definition) is 1. The van der Waals surface area contributed by atoms with Crippen molar-refractivity contribution >= 4 is 17.1 Å². The van der Waals surface area contributed by atoms with Gasteiger partial charge in [-0.2, -0.15) is 5.10 Å². The molecule has 29 heavy (non-hydrogen) atoms. The summed E-state index contributed by atoms with van der Waals surface area (Å²) < 4.78 is 17.5. The normalized spacial score (nSPS) is 12.3. The number of fused-ring (bicyclic) bond motifs is 1. The minimum absolute atomic E-state index is 0.0212. The Labute approximate surface area is 167 Å². The van der Waals surface area contributed by atoms with Gasteiger partial charge in [-0.15, -0.1) is 4.68 Å². The van der Waals surface area contributed by atoms with Crippen molar-refractivity contribution in [1.29, 1.82) is 0 Å². The molecule has 1 atom stereocenters. The van der Waals surface area contributed by atoms with Crippen LogP contribution in [0.2, 0.25) is 0 Å². The molecule has 0 saturated heterocycles. The molecule has 0 amide bonds. The van der Waals surface area contributed by atoms with Crippen LogP contribution in [0.15, 0.2) is 51.1 Å². The summed E-state index contributed by atoms with van der Waals surface area (Å²) in [6.07, 6.45) is 2.19. The highest BCUT2D eigenvalue weighted by Gasteiger charge is 2.16. The third kappa shape index (κ3) is 4.16. The van der Waals surface area contributed by atoms with Crippen molar-refractivity contribution in [3.05, 3.63) is 62.8 Å². The maximum Gasteiger partial charge on any atom is 0.349 e. The molecule has 1 aromatic heterocycles. The molecule has 0 aliphatic rings. The molecule has 8 heteroatoms.